The summed E-state index contributed by atoms with van der Waals surface area (Å²) in [5.74, 6) is 0. The summed E-state index contributed by atoms with van der Waals surface area (Å²) in [5, 5.41) is 3.30. The van der Waals surface area contributed by atoms with Gasteiger partial charge in [-0.1, -0.05) is 12.1 Å². The Hall–Kier alpha value is -1.07. The van der Waals surface area contributed by atoms with Gasteiger partial charge in [-0.3, -0.25) is 0 Å². The van der Waals surface area contributed by atoms with Crippen molar-refractivity contribution in [1.29, 1.82) is 0 Å². The summed E-state index contributed by atoms with van der Waals surface area (Å²) < 4.78 is 38.0. The van der Waals surface area contributed by atoms with Gasteiger partial charge >= 0.3 is 6.18 Å². The molecule has 1 aliphatic rings. The number of rotatable bonds is 5. The quantitative estimate of drug-likeness (QED) is 0.892. The molecule has 0 aliphatic carbocycles. The highest BCUT2D eigenvalue weighted by molar-refractivity contribution is 5.27. The third-order valence-electron chi connectivity index (χ3n) is 3.79. The maximum atomic E-state index is 12.7. The van der Waals surface area contributed by atoms with Crippen molar-refractivity contribution in [3.8, 4) is 0 Å². The number of alkyl halides is 3. The summed E-state index contributed by atoms with van der Waals surface area (Å²) in [4.78, 5) is 2.38. The summed E-state index contributed by atoms with van der Waals surface area (Å²) in [6.45, 7) is 5.94. The summed E-state index contributed by atoms with van der Waals surface area (Å²) >= 11 is 0. The molecule has 1 unspecified atom stereocenters. The number of nitrogens with one attached hydrogen (secondary N) is 1. The molecule has 2 rings (SSSR count). The highest BCUT2D eigenvalue weighted by Crippen LogP contribution is 2.30. The minimum atomic E-state index is -4.27. The maximum Gasteiger partial charge on any atom is 0.416 e. The fourth-order valence-corrected chi connectivity index (χ4v) is 2.55. The van der Waals surface area contributed by atoms with Crippen LogP contribution >= 0.6 is 0 Å². The smallest absolute Gasteiger partial charge is 0.309 e. The second-order valence-corrected chi connectivity index (χ2v) is 5.35. The highest BCUT2D eigenvalue weighted by Gasteiger charge is 2.30. The predicted octanol–water partition coefficient (Wildman–Crippen LogP) is 3.45. The molecule has 20 heavy (non-hydrogen) atoms. The van der Waals surface area contributed by atoms with Crippen molar-refractivity contribution in [2.75, 3.05) is 26.2 Å². The van der Waals surface area contributed by atoms with E-state index in [1.165, 1.54) is 25.0 Å². The van der Waals surface area contributed by atoms with Gasteiger partial charge in [-0.25, -0.2) is 0 Å². The Bertz CT molecular complexity index is 425. The minimum Gasteiger partial charge on any atom is -0.309 e. The van der Waals surface area contributed by atoms with Gasteiger partial charge in [-0.15, -0.1) is 0 Å². The molecule has 2 nitrogen and oxygen atoms in total. The van der Waals surface area contributed by atoms with Gasteiger partial charge in [0.05, 0.1) is 5.56 Å². The van der Waals surface area contributed by atoms with Crippen LogP contribution < -0.4 is 5.32 Å². The zero-order chi connectivity index (χ0) is 14.6. The van der Waals surface area contributed by atoms with E-state index in [0.29, 0.717) is 5.56 Å². The molecule has 1 aromatic rings. The standard InChI is InChI=1S/C15H21F3N2/c1-12(19-7-10-20-8-2-3-9-20)13-5-4-6-14(11-13)15(16,17)18/h4-6,11-12,19H,2-3,7-10H2,1H3. The molecule has 0 radical (unpaired) electrons. The van der Waals surface area contributed by atoms with Crippen LogP contribution in [0.15, 0.2) is 24.3 Å². The van der Waals surface area contributed by atoms with Crippen molar-refractivity contribution in [2.24, 2.45) is 0 Å². The lowest BCUT2D eigenvalue weighted by atomic mass is 10.0. The van der Waals surface area contributed by atoms with Crippen LogP contribution in [0.5, 0.6) is 0 Å². The summed E-state index contributed by atoms with van der Waals surface area (Å²) in [7, 11) is 0. The van der Waals surface area contributed by atoms with Crippen LogP contribution in [0.3, 0.4) is 0 Å². The van der Waals surface area contributed by atoms with Gasteiger partial charge in [-0.05, 0) is 50.6 Å². The van der Waals surface area contributed by atoms with Gasteiger partial charge in [-0.2, -0.15) is 13.2 Å². The van der Waals surface area contributed by atoms with E-state index in [9.17, 15) is 13.2 Å². The lowest BCUT2D eigenvalue weighted by molar-refractivity contribution is -0.137. The summed E-state index contributed by atoms with van der Waals surface area (Å²) in [6.07, 6.45) is -1.77. The predicted molar refractivity (Wildman–Crippen MR) is 73.5 cm³/mol. The molecule has 5 heteroatoms. The Kier molecular flexibility index (Phi) is 5.05. The van der Waals surface area contributed by atoms with E-state index in [1.54, 1.807) is 6.07 Å². The monoisotopic (exact) mass is 286 g/mol. The molecular formula is C15H21F3N2. The number of benzene rings is 1. The minimum absolute atomic E-state index is 0.0695. The van der Waals surface area contributed by atoms with Crippen LogP contribution in [-0.2, 0) is 6.18 Å². The largest absolute Gasteiger partial charge is 0.416 e. The van der Waals surface area contributed by atoms with Crippen LogP contribution in [0.4, 0.5) is 13.2 Å². The molecule has 0 spiro atoms. The average molecular weight is 286 g/mol. The average Bonchev–Trinajstić information content (AvgIpc) is 2.91. The van der Waals surface area contributed by atoms with Crippen LogP contribution in [0.1, 0.15) is 36.9 Å². The topological polar surface area (TPSA) is 15.3 Å². The van der Waals surface area contributed by atoms with Crippen LogP contribution in [0.25, 0.3) is 0 Å². The van der Waals surface area contributed by atoms with E-state index in [0.717, 1.165) is 32.2 Å². The zero-order valence-electron chi connectivity index (χ0n) is 11.7. The molecule has 0 amide bonds. The van der Waals surface area contributed by atoms with Gasteiger partial charge in [0.25, 0.3) is 0 Å². The Labute approximate surface area is 118 Å². The van der Waals surface area contributed by atoms with Crippen LogP contribution in [0.2, 0.25) is 0 Å². The molecule has 112 valence electrons. The number of hydrogen-bond acceptors (Lipinski definition) is 2. The first kappa shape index (κ1) is 15.3. The molecule has 1 aromatic carbocycles. The Morgan fingerprint density at radius 3 is 2.60 bits per heavy atom. The van der Waals surface area contributed by atoms with E-state index in [2.05, 4.69) is 10.2 Å². The third-order valence-corrected chi connectivity index (χ3v) is 3.79. The Morgan fingerprint density at radius 1 is 1.25 bits per heavy atom. The second kappa shape index (κ2) is 6.59. The van der Waals surface area contributed by atoms with Crippen molar-refractivity contribution in [3.63, 3.8) is 0 Å². The molecule has 0 saturated carbocycles. The molecule has 0 bridgehead atoms. The molecule has 1 saturated heterocycles. The van der Waals surface area contributed by atoms with Crippen molar-refractivity contribution >= 4 is 0 Å². The van der Waals surface area contributed by atoms with E-state index in [1.807, 2.05) is 6.92 Å². The maximum absolute atomic E-state index is 12.7. The normalized spacial score (nSPS) is 18.4. The molecule has 1 N–H and O–H groups in total. The van der Waals surface area contributed by atoms with E-state index in [-0.39, 0.29) is 6.04 Å². The lowest BCUT2D eigenvalue weighted by Gasteiger charge is -2.19. The van der Waals surface area contributed by atoms with Crippen molar-refractivity contribution < 1.29 is 13.2 Å². The van der Waals surface area contributed by atoms with Gasteiger partial charge in [0.15, 0.2) is 0 Å². The molecule has 1 aliphatic heterocycles. The molecule has 1 heterocycles. The van der Waals surface area contributed by atoms with Gasteiger partial charge in [0.1, 0.15) is 0 Å². The van der Waals surface area contributed by atoms with Gasteiger partial charge in [0.2, 0.25) is 0 Å². The number of likely N-dealkylation sites (tertiary alicyclic amines) is 1. The highest BCUT2D eigenvalue weighted by atomic mass is 19.4. The van der Waals surface area contributed by atoms with Gasteiger partial charge < -0.3 is 10.2 Å². The second-order valence-electron chi connectivity index (χ2n) is 5.35. The summed E-state index contributed by atoms with van der Waals surface area (Å²) in [6, 6.07) is 5.48. The first-order chi connectivity index (χ1) is 9.47. The van der Waals surface area contributed by atoms with Crippen LogP contribution in [0, 0.1) is 0 Å². The summed E-state index contributed by atoms with van der Waals surface area (Å²) in [5.41, 5.74) is 0.101. The van der Waals surface area contributed by atoms with Crippen molar-refractivity contribution in [3.05, 3.63) is 35.4 Å². The molecule has 0 aromatic heterocycles. The zero-order valence-corrected chi connectivity index (χ0v) is 11.7. The Balaban J connectivity index is 1.86. The molecule has 1 fully saturated rings. The molecular weight excluding hydrogens is 265 g/mol. The lowest BCUT2D eigenvalue weighted by Crippen LogP contribution is -2.31. The van der Waals surface area contributed by atoms with Crippen LogP contribution in [-0.4, -0.2) is 31.1 Å². The van der Waals surface area contributed by atoms with Gasteiger partial charge in [0, 0.05) is 19.1 Å². The first-order valence-corrected chi connectivity index (χ1v) is 7.10. The van der Waals surface area contributed by atoms with E-state index >= 15 is 0 Å². The van der Waals surface area contributed by atoms with E-state index < -0.39 is 11.7 Å². The fourth-order valence-electron chi connectivity index (χ4n) is 2.55. The Morgan fingerprint density at radius 2 is 1.95 bits per heavy atom. The number of hydrogen-bond donors (Lipinski definition) is 1. The fraction of sp³-hybridized carbons (Fsp3) is 0.600. The number of nitrogens with zero attached hydrogens (tertiary/aromatic N) is 1. The van der Waals surface area contributed by atoms with E-state index in [4.69, 9.17) is 0 Å². The SMILES string of the molecule is CC(NCCN1CCCC1)c1cccc(C(F)(F)F)c1. The molecule has 1 atom stereocenters. The first-order valence-electron chi connectivity index (χ1n) is 7.10. The van der Waals surface area contributed by atoms with Crippen molar-refractivity contribution in [1.82, 2.24) is 10.2 Å². The number of halogens is 3. The van der Waals surface area contributed by atoms with Crippen molar-refractivity contribution in [2.45, 2.75) is 32.0 Å². The third kappa shape index (κ3) is 4.21.